The van der Waals surface area contributed by atoms with Crippen molar-refractivity contribution in [3.05, 3.63) is 57.0 Å². The molecular formula is C21H25N3O4S2. The van der Waals surface area contributed by atoms with Crippen molar-refractivity contribution in [3.63, 3.8) is 0 Å². The number of hydrogen-bond donors (Lipinski definition) is 0. The first-order chi connectivity index (χ1) is 14.3. The van der Waals surface area contributed by atoms with Crippen LogP contribution in [0.15, 0.2) is 34.5 Å². The Balaban J connectivity index is 1.92. The molecule has 1 aliphatic heterocycles. The van der Waals surface area contributed by atoms with E-state index in [0.29, 0.717) is 35.9 Å². The zero-order chi connectivity index (χ0) is 21.6. The smallest absolute Gasteiger partial charge is 0.247 e. The fourth-order valence-electron chi connectivity index (χ4n) is 4.17. The van der Waals surface area contributed by atoms with E-state index in [9.17, 15) is 8.42 Å². The van der Waals surface area contributed by atoms with Crippen LogP contribution in [0.3, 0.4) is 0 Å². The summed E-state index contributed by atoms with van der Waals surface area (Å²) in [7, 11) is 1.19. The van der Waals surface area contributed by atoms with Crippen molar-refractivity contribution < 1.29 is 17.9 Å². The van der Waals surface area contributed by atoms with Crippen molar-refractivity contribution in [2.45, 2.75) is 31.2 Å². The Morgan fingerprint density at radius 3 is 2.43 bits per heavy atom. The summed E-state index contributed by atoms with van der Waals surface area (Å²) in [5, 5.41) is 6.30. The van der Waals surface area contributed by atoms with Gasteiger partial charge in [0, 0.05) is 18.5 Å². The first-order valence-electron chi connectivity index (χ1n) is 9.59. The number of fused-ring (bicyclic) bond motifs is 1. The molecule has 9 heteroatoms. The lowest BCUT2D eigenvalue weighted by molar-refractivity contribution is 0.334. The minimum atomic E-state index is -3.77. The van der Waals surface area contributed by atoms with E-state index in [1.54, 1.807) is 55.4 Å². The van der Waals surface area contributed by atoms with Gasteiger partial charge < -0.3 is 9.47 Å². The Morgan fingerprint density at radius 1 is 1.17 bits per heavy atom. The van der Waals surface area contributed by atoms with Crippen LogP contribution in [0.1, 0.15) is 33.4 Å². The van der Waals surface area contributed by atoms with Gasteiger partial charge in [0.05, 0.1) is 31.6 Å². The Bertz CT molecular complexity index is 1180. The third-order valence-electron chi connectivity index (χ3n) is 5.65. The molecule has 0 amide bonds. The highest BCUT2D eigenvalue weighted by Crippen LogP contribution is 2.44. The molecular weight excluding hydrogens is 422 g/mol. The Kier molecular flexibility index (Phi) is 5.37. The van der Waals surface area contributed by atoms with E-state index in [1.807, 2.05) is 29.6 Å². The largest absolute Gasteiger partial charge is 0.493 e. The van der Waals surface area contributed by atoms with Crippen LogP contribution in [0.4, 0.5) is 0 Å². The summed E-state index contributed by atoms with van der Waals surface area (Å²) in [6.45, 7) is 3.91. The number of benzene rings is 1. The molecule has 0 saturated heterocycles. The van der Waals surface area contributed by atoms with Crippen LogP contribution in [-0.2, 0) is 23.5 Å². The molecule has 0 spiro atoms. The summed E-state index contributed by atoms with van der Waals surface area (Å²) >= 11 is 1.55. The van der Waals surface area contributed by atoms with E-state index < -0.39 is 16.1 Å². The van der Waals surface area contributed by atoms with E-state index in [1.165, 1.54) is 0 Å². The molecule has 1 aliphatic rings. The molecule has 0 radical (unpaired) electrons. The highest BCUT2D eigenvalue weighted by molar-refractivity contribution is 7.89. The van der Waals surface area contributed by atoms with Gasteiger partial charge in [-0.3, -0.25) is 4.68 Å². The molecule has 1 atom stereocenters. The van der Waals surface area contributed by atoms with Crippen molar-refractivity contribution in [2.24, 2.45) is 7.05 Å². The molecule has 30 heavy (non-hydrogen) atoms. The van der Waals surface area contributed by atoms with Crippen LogP contribution in [0.2, 0.25) is 0 Å². The summed E-state index contributed by atoms with van der Waals surface area (Å²) in [6.07, 6.45) is 0.592. The summed E-state index contributed by atoms with van der Waals surface area (Å²) in [4.78, 5) is 1.25. The maximum atomic E-state index is 13.9. The Labute approximate surface area is 180 Å². The quantitative estimate of drug-likeness (QED) is 0.599. The van der Waals surface area contributed by atoms with Gasteiger partial charge in [-0.2, -0.15) is 9.40 Å². The predicted molar refractivity (Wildman–Crippen MR) is 116 cm³/mol. The number of aryl methyl sites for hydroxylation is 2. The maximum absolute atomic E-state index is 13.9. The number of hydrogen-bond acceptors (Lipinski definition) is 6. The number of sulfonamides is 1. The number of rotatable bonds is 5. The SMILES string of the molecule is COc1cc2c(cc1OC)C(c1cccs1)N(S(=O)(=O)c1c(C)nn(C)c1C)CC2. The molecule has 0 bridgehead atoms. The lowest BCUT2D eigenvalue weighted by Gasteiger charge is -2.36. The minimum absolute atomic E-state index is 0.287. The van der Waals surface area contributed by atoms with Gasteiger partial charge in [-0.05, 0) is 55.0 Å². The molecule has 0 aliphatic carbocycles. The number of ether oxygens (including phenoxy) is 2. The van der Waals surface area contributed by atoms with Crippen LogP contribution in [0.25, 0.3) is 0 Å². The normalized spacial score (nSPS) is 17.0. The summed E-state index contributed by atoms with van der Waals surface area (Å²) < 4.78 is 41.9. The number of aromatic nitrogens is 2. The van der Waals surface area contributed by atoms with Gasteiger partial charge in [-0.25, -0.2) is 8.42 Å². The van der Waals surface area contributed by atoms with Crippen LogP contribution in [0.5, 0.6) is 11.5 Å². The third-order valence-corrected chi connectivity index (χ3v) is 8.69. The van der Waals surface area contributed by atoms with E-state index >= 15 is 0 Å². The zero-order valence-corrected chi connectivity index (χ0v) is 19.3. The second-order valence-electron chi connectivity index (χ2n) is 7.31. The van der Waals surface area contributed by atoms with E-state index in [-0.39, 0.29) is 4.90 Å². The number of nitrogens with zero attached hydrogens (tertiary/aromatic N) is 3. The average Bonchev–Trinajstić information content (AvgIpc) is 3.34. The summed E-state index contributed by atoms with van der Waals surface area (Å²) in [5.41, 5.74) is 3.13. The van der Waals surface area contributed by atoms with Gasteiger partial charge in [0.2, 0.25) is 10.0 Å². The Hall–Kier alpha value is -2.36. The maximum Gasteiger partial charge on any atom is 0.247 e. The van der Waals surface area contributed by atoms with Crippen molar-refractivity contribution in [1.82, 2.24) is 14.1 Å². The highest BCUT2D eigenvalue weighted by atomic mass is 32.2. The molecule has 3 aromatic rings. The third kappa shape index (κ3) is 3.21. The topological polar surface area (TPSA) is 73.7 Å². The van der Waals surface area contributed by atoms with Gasteiger partial charge in [0.1, 0.15) is 4.90 Å². The first kappa shape index (κ1) is 20.9. The van der Waals surface area contributed by atoms with Crippen molar-refractivity contribution in [1.29, 1.82) is 0 Å². The molecule has 7 nitrogen and oxygen atoms in total. The number of methoxy groups -OCH3 is 2. The van der Waals surface area contributed by atoms with Gasteiger partial charge in [-0.1, -0.05) is 6.07 Å². The molecule has 1 aromatic carbocycles. The van der Waals surface area contributed by atoms with Crippen LogP contribution >= 0.6 is 11.3 Å². The fraction of sp³-hybridized carbons (Fsp3) is 0.381. The van der Waals surface area contributed by atoms with E-state index in [0.717, 1.165) is 16.0 Å². The van der Waals surface area contributed by atoms with Gasteiger partial charge in [0.25, 0.3) is 0 Å². The summed E-state index contributed by atoms with van der Waals surface area (Å²) in [5.74, 6) is 1.24. The fourth-order valence-corrected chi connectivity index (χ4v) is 7.08. The molecule has 0 saturated carbocycles. The van der Waals surface area contributed by atoms with Crippen LogP contribution in [-0.4, -0.2) is 43.3 Å². The van der Waals surface area contributed by atoms with E-state index in [4.69, 9.17) is 9.47 Å². The zero-order valence-electron chi connectivity index (χ0n) is 17.7. The summed E-state index contributed by atoms with van der Waals surface area (Å²) in [6, 6.07) is 7.35. The standard InChI is InChI=1S/C21H25N3O4S2/c1-13-21(14(2)23(3)22-13)30(25,26)24-9-8-15-11-17(27-4)18(28-5)12-16(15)20(24)19-7-6-10-29-19/h6-7,10-12,20H,8-9H2,1-5H3. The minimum Gasteiger partial charge on any atom is -0.493 e. The predicted octanol–water partition coefficient (Wildman–Crippen LogP) is 3.45. The second kappa shape index (κ2) is 7.72. The van der Waals surface area contributed by atoms with Gasteiger partial charge in [-0.15, -0.1) is 11.3 Å². The molecule has 160 valence electrons. The molecule has 2 aromatic heterocycles. The van der Waals surface area contributed by atoms with Crippen LogP contribution < -0.4 is 9.47 Å². The molecule has 4 rings (SSSR count). The first-order valence-corrected chi connectivity index (χ1v) is 11.9. The van der Waals surface area contributed by atoms with Crippen molar-refractivity contribution in [3.8, 4) is 11.5 Å². The van der Waals surface area contributed by atoms with Crippen LogP contribution in [0, 0.1) is 13.8 Å². The van der Waals surface area contributed by atoms with E-state index in [2.05, 4.69) is 5.10 Å². The van der Waals surface area contributed by atoms with Crippen molar-refractivity contribution >= 4 is 21.4 Å². The molecule has 0 fully saturated rings. The lowest BCUT2D eigenvalue weighted by Crippen LogP contribution is -2.40. The molecule has 3 heterocycles. The number of thiophene rings is 1. The lowest BCUT2D eigenvalue weighted by atomic mass is 9.92. The Morgan fingerprint density at radius 2 is 1.87 bits per heavy atom. The molecule has 1 unspecified atom stereocenters. The highest BCUT2D eigenvalue weighted by Gasteiger charge is 2.40. The monoisotopic (exact) mass is 447 g/mol. The van der Waals surface area contributed by atoms with Crippen molar-refractivity contribution in [2.75, 3.05) is 20.8 Å². The van der Waals surface area contributed by atoms with Gasteiger partial charge in [0.15, 0.2) is 11.5 Å². The second-order valence-corrected chi connectivity index (χ2v) is 10.1. The average molecular weight is 448 g/mol. The molecule has 0 N–H and O–H groups in total. The van der Waals surface area contributed by atoms with Gasteiger partial charge >= 0.3 is 0 Å².